The lowest BCUT2D eigenvalue weighted by atomic mass is 10.1. The van der Waals surface area contributed by atoms with Crippen LogP contribution >= 0.6 is 0 Å². The highest BCUT2D eigenvalue weighted by atomic mass is 16.5. The number of rotatable bonds is 8. The monoisotopic (exact) mass is 419 g/mol. The fraction of sp³-hybridized carbons (Fsp3) is 0.636. The molecule has 168 valence electrons. The van der Waals surface area contributed by atoms with Crippen LogP contribution in [0.25, 0.3) is 0 Å². The number of likely N-dealkylation sites (tertiary alicyclic amines) is 1. The lowest BCUT2D eigenvalue weighted by Gasteiger charge is -2.21. The van der Waals surface area contributed by atoms with Crippen molar-refractivity contribution in [3.63, 3.8) is 0 Å². The van der Waals surface area contributed by atoms with Crippen molar-refractivity contribution in [3.8, 4) is 11.5 Å². The van der Waals surface area contributed by atoms with Crippen LogP contribution in [0.3, 0.4) is 0 Å². The van der Waals surface area contributed by atoms with E-state index in [2.05, 4.69) is 25.8 Å². The van der Waals surface area contributed by atoms with Crippen molar-refractivity contribution in [1.82, 2.24) is 20.9 Å². The Labute approximate surface area is 180 Å². The molecule has 3 N–H and O–H groups in total. The minimum Gasteiger partial charge on any atom is -0.497 e. The zero-order chi connectivity index (χ0) is 22.1. The molecule has 0 bridgehead atoms. The molecule has 1 aromatic rings. The van der Waals surface area contributed by atoms with E-state index in [1.807, 2.05) is 45.9 Å². The van der Waals surface area contributed by atoms with Gasteiger partial charge in [0.05, 0.1) is 14.2 Å². The standard InChI is InChI=1S/C22H37N5O3/c1-7-23-21(24-13-20(28)26-22(2,3)4)25-17-8-9-27(15-17)14-16-10-18(29-5)12-19(11-16)30-6/h10-12,17H,7-9,13-15H2,1-6H3,(H,26,28)(H2,23,24,25). The van der Waals surface area contributed by atoms with Crippen LogP contribution in [-0.4, -0.2) is 68.7 Å². The van der Waals surface area contributed by atoms with Crippen LogP contribution in [0.1, 0.15) is 39.7 Å². The van der Waals surface area contributed by atoms with E-state index in [-0.39, 0.29) is 24.0 Å². The molecule has 1 aliphatic rings. The Bertz CT molecular complexity index is 708. The first-order valence-corrected chi connectivity index (χ1v) is 10.5. The lowest BCUT2D eigenvalue weighted by Crippen LogP contribution is -2.46. The smallest absolute Gasteiger partial charge is 0.242 e. The maximum atomic E-state index is 12.1. The van der Waals surface area contributed by atoms with Crippen molar-refractivity contribution in [2.24, 2.45) is 4.99 Å². The van der Waals surface area contributed by atoms with Crippen molar-refractivity contribution >= 4 is 11.9 Å². The molecule has 0 radical (unpaired) electrons. The van der Waals surface area contributed by atoms with E-state index < -0.39 is 0 Å². The Morgan fingerprint density at radius 3 is 2.43 bits per heavy atom. The fourth-order valence-electron chi connectivity index (χ4n) is 3.43. The third-order valence-corrected chi connectivity index (χ3v) is 4.67. The number of carbonyl (C=O) groups is 1. The maximum Gasteiger partial charge on any atom is 0.242 e. The van der Waals surface area contributed by atoms with Gasteiger partial charge in [-0.1, -0.05) is 0 Å². The Balaban J connectivity index is 1.91. The van der Waals surface area contributed by atoms with Gasteiger partial charge in [0.25, 0.3) is 0 Å². The molecule has 8 heteroatoms. The van der Waals surface area contributed by atoms with Crippen LogP contribution in [0, 0.1) is 0 Å². The number of hydrogen-bond acceptors (Lipinski definition) is 5. The van der Waals surface area contributed by atoms with Crippen LogP contribution in [0.4, 0.5) is 0 Å². The zero-order valence-electron chi connectivity index (χ0n) is 19.2. The molecular weight excluding hydrogens is 382 g/mol. The van der Waals surface area contributed by atoms with Crippen LogP contribution in [0.2, 0.25) is 0 Å². The average Bonchev–Trinajstić information content (AvgIpc) is 3.11. The molecule has 30 heavy (non-hydrogen) atoms. The van der Waals surface area contributed by atoms with E-state index in [1.165, 1.54) is 0 Å². The van der Waals surface area contributed by atoms with Gasteiger partial charge in [0.2, 0.25) is 5.91 Å². The second-order valence-electron chi connectivity index (χ2n) is 8.58. The Kier molecular flexibility index (Phi) is 8.77. The summed E-state index contributed by atoms with van der Waals surface area (Å²) in [4.78, 5) is 18.9. The van der Waals surface area contributed by atoms with E-state index in [0.29, 0.717) is 5.96 Å². The summed E-state index contributed by atoms with van der Waals surface area (Å²) in [5, 5.41) is 9.63. The van der Waals surface area contributed by atoms with Crippen LogP contribution in [-0.2, 0) is 11.3 Å². The Morgan fingerprint density at radius 1 is 1.20 bits per heavy atom. The van der Waals surface area contributed by atoms with Gasteiger partial charge in [-0.05, 0) is 51.8 Å². The van der Waals surface area contributed by atoms with Gasteiger partial charge in [0.1, 0.15) is 18.0 Å². The molecule has 1 unspecified atom stereocenters. The molecule has 8 nitrogen and oxygen atoms in total. The first-order chi connectivity index (χ1) is 14.2. The van der Waals surface area contributed by atoms with Gasteiger partial charge in [0, 0.05) is 43.8 Å². The van der Waals surface area contributed by atoms with Gasteiger partial charge in [-0.25, -0.2) is 4.99 Å². The van der Waals surface area contributed by atoms with Crippen LogP contribution < -0.4 is 25.4 Å². The molecule has 1 saturated heterocycles. The Morgan fingerprint density at radius 2 is 1.87 bits per heavy atom. The van der Waals surface area contributed by atoms with E-state index >= 15 is 0 Å². The summed E-state index contributed by atoms with van der Waals surface area (Å²) in [7, 11) is 3.33. The second kappa shape index (κ2) is 11.1. The van der Waals surface area contributed by atoms with Gasteiger partial charge < -0.3 is 25.4 Å². The number of nitrogens with one attached hydrogen (secondary N) is 3. The number of hydrogen-bond donors (Lipinski definition) is 3. The summed E-state index contributed by atoms with van der Waals surface area (Å²) < 4.78 is 10.7. The van der Waals surface area contributed by atoms with Crippen molar-refractivity contribution in [1.29, 1.82) is 0 Å². The fourth-order valence-corrected chi connectivity index (χ4v) is 3.43. The van der Waals surface area contributed by atoms with Gasteiger partial charge >= 0.3 is 0 Å². The molecule has 1 fully saturated rings. The first kappa shape index (κ1) is 23.8. The van der Waals surface area contributed by atoms with E-state index in [4.69, 9.17) is 9.47 Å². The summed E-state index contributed by atoms with van der Waals surface area (Å²) in [6.45, 7) is 11.5. The minimum absolute atomic E-state index is 0.0836. The van der Waals surface area contributed by atoms with Gasteiger partial charge in [0.15, 0.2) is 5.96 Å². The lowest BCUT2D eigenvalue weighted by molar-refractivity contribution is -0.121. The van der Waals surface area contributed by atoms with E-state index in [0.717, 1.165) is 49.7 Å². The highest BCUT2D eigenvalue weighted by Crippen LogP contribution is 2.24. The van der Waals surface area contributed by atoms with Crippen molar-refractivity contribution in [2.45, 2.75) is 52.2 Å². The molecule has 0 saturated carbocycles. The second-order valence-corrected chi connectivity index (χ2v) is 8.58. The van der Waals surface area contributed by atoms with Gasteiger partial charge in [-0.3, -0.25) is 9.69 Å². The summed E-state index contributed by atoms with van der Waals surface area (Å²) in [6, 6.07) is 6.25. The summed E-state index contributed by atoms with van der Waals surface area (Å²) in [6.07, 6.45) is 1.01. The largest absolute Gasteiger partial charge is 0.497 e. The third-order valence-electron chi connectivity index (χ3n) is 4.67. The minimum atomic E-state index is -0.257. The van der Waals surface area contributed by atoms with Gasteiger partial charge in [-0.2, -0.15) is 0 Å². The number of nitrogens with zero attached hydrogens (tertiary/aromatic N) is 2. The normalized spacial score (nSPS) is 17.5. The molecule has 2 rings (SSSR count). The van der Waals surface area contributed by atoms with Crippen LogP contribution in [0.5, 0.6) is 11.5 Å². The van der Waals surface area contributed by atoms with Crippen molar-refractivity contribution < 1.29 is 14.3 Å². The van der Waals surface area contributed by atoms with Crippen molar-refractivity contribution in [2.75, 3.05) is 40.4 Å². The topological polar surface area (TPSA) is 87.2 Å². The molecule has 1 heterocycles. The van der Waals surface area contributed by atoms with Gasteiger partial charge in [-0.15, -0.1) is 0 Å². The number of aliphatic imine (C=N–C) groups is 1. The zero-order valence-corrected chi connectivity index (χ0v) is 19.2. The quantitative estimate of drug-likeness (QED) is 0.440. The molecule has 1 atom stereocenters. The number of benzene rings is 1. The number of ether oxygens (including phenoxy) is 2. The molecule has 0 spiro atoms. The number of amides is 1. The molecular formula is C22H37N5O3. The maximum absolute atomic E-state index is 12.1. The predicted octanol–water partition coefficient (Wildman–Crippen LogP) is 1.75. The van der Waals surface area contributed by atoms with E-state index in [9.17, 15) is 4.79 Å². The number of carbonyl (C=O) groups excluding carboxylic acids is 1. The first-order valence-electron chi connectivity index (χ1n) is 10.5. The average molecular weight is 420 g/mol. The third kappa shape index (κ3) is 8.10. The molecule has 1 aromatic carbocycles. The summed E-state index contributed by atoms with van der Waals surface area (Å²) in [5.74, 6) is 2.19. The SMILES string of the molecule is CCNC(=NCC(=O)NC(C)(C)C)NC1CCN(Cc2cc(OC)cc(OC)c2)C1. The molecule has 0 aromatic heterocycles. The summed E-state index contributed by atoms with van der Waals surface area (Å²) in [5.41, 5.74) is 0.902. The highest BCUT2D eigenvalue weighted by Gasteiger charge is 2.24. The molecule has 0 aliphatic carbocycles. The number of methoxy groups -OCH3 is 2. The predicted molar refractivity (Wildman–Crippen MR) is 120 cm³/mol. The molecule has 1 amide bonds. The molecule has 1 aliphatic heterocycles. The highest BCUT2D eigenvalue weighted by molar-refractivity contribution is 5.85. The summed E-state index contributed by atoms with van der Waals surface area (Å²) >= 11 is 0. The number of guanidine groups is 1. The Hall–Kier alpha value is -2.48. The van der Waals surface area contributed by atoms with Crippen LogP contribution in [0.15, 0.2) is 23.2 Å². The van der Waals surface area contributed by atoms with E-state index in [1.54, 1.807) is 14.2 Å². The van der Waals surface area contributed by atoms with Crippen molar-refractivity contribution in [3.05, 3.63) is 23.8 Å².